The van der Waals surface area contributed by atoms with Crippen molar-refractivity contribution < 1.29 is 56.5 Å². The van der Waals surface area contributed by atoms with Crippen molar-refractivity contribution in [3.63, 3.8) is 0 Å². The Morgan fingerprint density at radius 3 is 2.54 bits per heavy atom. The Bertz CT molecular complexity index is 253. The van der Waals surface area contributed by atoms with Gasteiger partial charge in [-0.2, -0.15) is 7.11 Å². The number of rotatable bonds is 1. The van der Waals surface area contributed by atoms with Gasteiger partial charge in [-0.3, -0.25) is 0 Å². The topological polar surface area (TPSA) is 36.0 Å². The average molecular weight is 224 g/mol. The number of nitrogens with zero attached hydrogens (tertiary/aromatic N) is 1. The van der Waals surface area contributed by atoms with Crippen LogP contribution in [0.2, 0.25) is 5.15 Å². The summed E-state index contributed by atoms with van der Waals surface area (Å²) in [4.78, 5) is 4.01. The van der Waals surface area contributed by atoms with Crippen molar-refractivity contribution in [3.05, 3.63) is 29.0 Å². The second-order valence-electron chi connectivity index (χ2n) is 2.66. The van der Waals surface area contributed by atoms with Crippen molar-refractivity contribution in [2.75, 3.05) is 7.11 Å². The monoisotopic (exact) mass is 223 g/mol. The minimum Gasteiger partial charge on any atom is -0.857 e. The first-order valence-corrected chi connectivity index (χ1v) is 4.27. The van der Waals surface area contributed by atoms with Crippen LogP contribution < -0.4 is 56.5 Å². The van der Waals surface area contributed by atoms with E-state index in [-0.39, 0.29) is 51.4 Å². The van der Waals surface area contributed by atoms with E-state index in [1.807, 2.05) is 6.07 Å². The standard InChI is InChI=1S/C8H8ClN.CH3O.K/c9-8-7(6-3-4-6)2-1-5-10-8;1-2;/h1-2,5-6H,3-4H2;1H3;/q;-1;+1. The summed E-state index contributed by atoms with van der Waals surface area (Å²) in [6.07, 6.45) is 4.30. The van der Waals surface area contributed by atoms with E-state index in [0.717, 1.165) is 7.11 Å². The molecule has 1 aliphatic rings. The summed E-state index contributed by atoms with van der Waals surface area (Å²) in [6, 6.07) is 4.01. The number of halogens is 1. The van der Waals surface area contributed by atoms with Crippen molar-refractivity contribution in [2.24, 2.45) is 0 Å². The van der Waals surface area contributed by atoms with Crippen LogP contribution in [-0.2, 0) is 0 Å². The molecule has 0 radical (unpaired) electrons. The van der Waals surface area contributed by atoms with E-state index < -0.39 is 0 Å². The maximum Gasteiger partial charge on any atom is 1.00 e. The van der Waals surface area contributed by atoms with Crippen molar-refractivity contribution in [1.82, 2.24) is 4.98 Å². The smallest absolute Gasteiger partial charge is 0.857 e. The summed E-state index contributed by atoms with van der Waals surface area (Å²) in [5.41, 5.74) is 1.23. The second kappa shape index (κ2) is 7.34. The Kier molecular flexibility index (Phi) is 7.93. The molecule has 0 unspecified atom stereocenters. The molecule has 0 N–H and O–H groups in total. The van der Waals surface area contributed by atoms with Crippen molar-refractivity contribution in [1.29, 1.82) is 0 Å². The average Bonchev–Trinajstić information content (AvgIpc) is 2.92. The third-order valence-corrected chi connectivity index (χ3v) is 2.12. The predicted molar refractivity (Wildman–Crippen MR) is 47.1 cm³/mol. The molecule has 0 aromatic carbocycles. The summed E-state index contributed by atoms with van der Waals surface area (Å²) >= 11 is 5.85. The Balaban J connectivity index is 0.000000451. The van der Waals surface area contributed by atoms with Gasteiger partial charge in [0.15, 0.2) is 0 Å². The van der Waals surface area contributed by atoms with Crippen LogP contribution in [0.4, 0.5) is 0 Å². The van der Waals surface area contributed by atoms with E-state index in [1.165, 1.54) is 18.4 Å². The first kappa shape index (κ1) is 14.0. The molecule has 0 amide bonds. The first-order valence-electron chi connectivity index (χ1n) is 3.89. The van der Waals surface area contributed by atoms with Crippen molar-refractivity contribution in [3.8, 4) is 0 Å². The van der Waals surface area contributed by atoms with E-state index in [1.54, 1.807) is 6.20 Å². The van der Waals surface area contributed by atoms with Gasteiger partial charge in [-0.1, -0.05) is 17.7 Å². The molecule has 2 nitrogen and oxygen atoms in total. The molecule has 1 aromatic heterocycles. The molecule has 66 valence electrons. The van der Waals surface area contributed by atoms with E-state index in [0.29, 0.717) is 11.1 Å². The fourth-order valence-corrected chi connectivity index (χ4v) is 1.37. The zero-order chi connectivity index (χ0) is 8.97. The van der Waals surface area contributed by atoms with Crippen LogP contribution in [-0.4, -0.2) is 12.1 Å². The molecule has 4 heteroatoms. The number of hydrogen-bond donors (Lipinski definition) is 0. The molecular formula is C9H11ClKNO. The maximum atomic E-state index is 8.25. The summed E-state index contributed by atoms with van der Waals surface area (Å²) in [6.45, 7) is 0. The third kappa shape index (κ3) is 4.38. The van der Waals surface area contributed by atoms with Crippen LogP contribution in [0.1, 0.15) is 24.3 Å². The van der Waals surface area contributed by atoms with Gasteiger partial charge >= 0.3 is 51.4 Å². The van der Waals surface area contributed by atoms with Crippen molar-refractivity contribution >= 4 is 11.6 Å². The molecule has 1 saturated carbocycles. The van der Waals surface area contributed by atoms with Crippen molar-refractivity contribution in [2.45, 2.75) is 18.8 Å². The fourth-order valence-electron chi connectivity index (χ4n) is 1.10. The summed E-state index contributed by atoms with van der Waals surface area (Å²) in [5, 5.41) is 8.94. The van der Waals surface area contributed by atoms with Gasteiger partial charge in [0.1, 0.15) is 5.15 Å². The zero-order valence-corrected chi connectivity index (χ0v) is 11.8. The number of aromatic nitrogens is 1. The van der Waals surface area contributed by atoms with Crippen LogP contribution in [0.25, 0.3) is 0 Å². The second-order valence-corrected chi connectivity index (χ2v) is 3.02. The minimum absolute atomic E-state index is 0. The Labute approximate surface area is 126 Å². The number of hydrogen-bond acceptors (Lipinski definition) is 2. The van der Waals surface area contributed by atoms with Crippen LogP contribution in [0, 0.1) is 0 Å². The molecule has 0 saturated heterocycles. The minimum atomic E-state index is 0. The molecular weight excluding hydrogens is 213 g/mol. The quantitative estimate of drug-likeness (QED) is 0.434. The van der Waals surface area contributed by atoms with Gasteiger partial charge in [0, 0.05) is 6.20 Å². The van der Waals surface area contributed by atoms with E-state index >= 15 is 0 Å². The fraction of sp³-hybridized carbons (Fsp3) is 0.444. The molecule has 1 fully saturated rings. The summed E-state index contributed by atoms with van der Waals surface area (Å²) in [7, 11) is 0.750. The van der Waals surface area contributed by atoms with E-state index in [4.69, 9.17) is 16.7 Å². The molecule has 1 aliphatic carbocycles. The summed E-state index contributed by atoms with van der Waals surface area (Å²) in [5.74, 6) is 0.709. The van der Waals surface area contributed by atoms with Gasteiger partial charge < -0.3 is 5.11 Å². The maximum absolute atomic E-state index is 8.25. The van der Waals surface area contributed by atoms with Crippen LogP contribution >= 0.6 is 11.6 Å². The Hall–Kier alpha value is 1.04. The third-order valence-electron chi connectivity index (χ3n) is 1.81. The van der Waals surface area contributed by atoms with Gasteiger partial charge in [0.25, 0.3) is 0 Å². The number of pyridine rings is 1. The normalized spacial score (nSPS) is 13.8. The molecule has 0 aliphatic heterocycles. The van der Waals surface area contributed by atoms with Gasteiger partial charge in [-0.05, 0) is 30.4 Å². The van der Waals surface area contributed by atoms with Gasteiger partial charge in [0.05, 0.1) is 0 Å². The van der Waals surface area contributed by atoms with E-state index in [9.17, 15) is 0 Å². The van der Waals surface area contributed by atoms with Crippen LogP contribution in [0.3, 0.4) is 0 Å². The Morgan fingerprint density at radius 1 is 1.46 bits per heavy atom. The predicted octanol–water partition coefficient (Wildman–Crippen LogP) is -1.41. The SMILES string of the molecule is C[O-].Clc1ncccc1C1CC1.[K+]. The molecule has 13 heavy (non-hydrogen) atoms. The van der Waals surface area contributed by atoms with Gasteiger partial charge in [0.2, 0.25) is 0 Å². The van der Waals surface area contributed by atoms with Gasteiger partial charge in [-0.25, -0.2) is 4.98 Å². The van der Waals surface area contributed by atoms with E-state index in [2.05, 4.69) is 11.1 Å². The molecule has 0 bridgehead atoms. The molecule has 2 rings (SSSR count). The Morgan fingerprint density at radius 2 is 2.08 bits per heavy atom. The van der Waals surface area contributed by atoms with Crippen LogP contribution in [0.5, 0.6) is 0 Å². The van der Waals surface area contributed by atoms with Gasteiger partial charge in [-0.15, -0.1) is 0 Å². The molecule has 1 heterocycles. The largest absolute Gasteiger partial charge is 1.00 e. The molecule has 1 aromatic rings. The molecule has 0 atom stereocenters. The molecule has 0 spiro atoms. The summed E-state index contributed by atoms with van der Waals surface area (Å²) < 4.78 is 0. The first-order chi connectivity index (χ1) is 5.88. The van der Waals surface area contributed by atoms with Crippen LogP contribution in [0.15, 0.2) is 18.3 Å². The zero-order valence-electron chi connectivity index (χ0n) is 7.96.